The van der Waals surface area contributed by atoms with Crippen molar-refractivity contribution in [3.8, 4) is 0 Å². The number of hydrogen-bond acceptors (Lipinski definition) is 3. The van der Waals surface area contributed by atoms with Gasteiger partial charge in [0.15, 0.2) is 0 Å². The first-order valence-corrected chi connectivity index (χ1v) is 9.07. The smallest absolute Gasteiger partial charge is 0.257 e. The molecule has 0 aliphatic carbocycles. The third-order valence-corrected chi connectivity index (χ3v) is 5.50. The highest BCUT2D eigenvalue weighted by atomic mass is 16.2. The van der Waals surface area contributed by atoms with E-state index in [1.165, 1.54) is 0 Å². The van der Waals surface area contributed by atoms with Crippen molar-refractivity contribution >= 4 is 17.5 Å². The van der Waals surface area contributed by atoms with Crippen LogP contribution in [0.5, 0.6) is 0 Å². The minimum atomic E-state index is -0.120. The largest absolute Gasteiger partial charge is 0.354 e. The normalized spacial score (nSPS) is 18.5. The Morgan fingerprint density at radius 2 is 2.04 bits per heavy atom. The minimum Gasteiger partial charge on any atom is -0.354 e. The van der Waals surface area contributed by atoms with Gasteiger partial charge in [-0.25, -0.2) is 0 Å². The van der Waals surface area contributed by atoms with Crippen molar-refractivity contribution in [2.45, 2.75) is 32.5 Å². The summed E-state index contributed by atoms with van der Waals surface area (Å²) in [6.07, 6.45) is 2.12. The number of carbonyl (C=O) groups excluding carboxylic acids is 2. The third kappa shape index (κ3) is 2.73. The molecule has 0 bridgehead atoms. The third-order valence-electron chi connectivity index (χ3n) is 5.50. The molecule has 2 aromatic rings. The van der Waals surface area contributed by atoms with E-state index in [0.29, 0.717) is 17.7 Å². The number of benzene rings is 2. The molecule has 134 valence electrons. The van der Waals surface area contributed by atoms with Gasteiger partial charge in [-0.05, 0) is 49.1 Å². The summed E-state index contributed by atoms with van der Waals surface area (Å²) in [5, 5.41) is 2.98. The maximum Gasteiger partial charge on any atom is 0.257 e. The van der Waals surface area contributed by atoms with Gasteiger partial charge < -0.3 is 15.1 Å². The van der Waals surface area contributed by atoms with Gasteiger partial charge in [0.2, 0.25) is 0 Å². The van der Waals surface area contributed by atoms with Gasteiger partial charge in [0.05, 0.1) is 11.3 Å². The van der Waals surface area contributed by atoms with Crippen molar-refractivity contribution in [1.82, 2.24) is 10.2 Å². The summed E-state index contributed by atoms with van der Waals surface area (Å²) in [7, 11) is 2.00. The van der Waals surface area contributed by atoms with Crippen LogP contribution in [0.4, 0.5) is 5.69 Å². The van der Waals surface area contributed by atoms with Crippen molar-refractivity contribution in [2.75, 3.05) is 18.5 Å². The Labute approximate surface area is 153 Å². The molecule has 1 fully saturated rings. The fraction of sp³-hybridized carbons (Fsp3) is 0.333. The Morgan fingerprint density at radius 1 is 1.23 bits per heavy atom. The minimum absolute atomic E-state index is 0.0764. The number of nitrogens with zero attached hydrogens (tertiary/aromatic N) is 2. The summed E-state index contributed by atoms with van der Waals surface area (Å²) in [5.74, 6) is -0.0433. The lowest BCUT2D eigenvalue weighted by Crippen LogP contribution is -2.50. The van der Waals surface area contributed by atoms with E-state index >= 15 is 0 Å². The molecule has 2 aromatic carbocycles. The van der Waals surface area contributed by atoms with E-state index in [-0.39, 0.29) is 18.0 Å². The molecule has 1 N–H and O–H groups in total. The zero-order valence-electron chi connectivity index (χ0n) is 15.2. The molecule has 0 spiro atoms. The number of aryl methyl sites for hydroxylation is 1. The molecule has 4 rings (SSSR count). The summed E-state index contributed by atoms with van der Waals surface area (Å²) >= 11 is 0. The van der Waals surface area contributed by atoms with Crippen molar-refractivity contribution in [3.63, 3.8) is 0 Å². The molecule has 2 heterocycles. The molecule has 2 aliphatic rings. The highest BCUT2D eigenvalue weighted by Gasteiger charge is 2.38. The van der Waals surface area contributed by atoms with Crippen LogP contribution in [0.1, 0.15) is 44.7 Å². The molecular formula is C21H23N3O2. The Balaban J connectivity index is 1.55. The van der Waals surface area contributed by atoms with E-state index < -0.39 is 0 Å². The van der Waals surface area contributed by atoms with Gasteiger partial charge in [-0.15, -0.1) is 0 Å². The Hall–Kier alpha value is -2.82. The first-order valence-electron chi connectivity index (χ1n) is 9.07. The second-order valence-electron chi connectivity index (χ2n) is 7.07. The zero-order valence-corrected chi connectivity index (χ0v) is 15.2. The SMILES string of the molecule is Cc1ccccc1CNC(=O)c1ccc2c(c1)N(C)[C@H]1CCCN1C2=O. The molecule has 1 saturated heterocycles. The topological polar surface area (TPSA) is 52.7 Å². The van der Waals surface area contributed by atoms with Crippen LogP contribution in [0.2, 0.25) is 0 Å². The van der Waals surface area contributed by atoms with E-state index in [1.54, 1.807) is 12.1 Å². The molecule has 0 radical (unpaired) electrons. The number of anilines is 1. The second-order valence-corrected chi connectivity index (χ2v) is 7.07. The van der Waals surface area contributed by atoms with E-state index in [4.69, 9.17) is 0 Å². The van der Waals surface area contributed by atoms with E-state index in [9.17, 15) is 9.59 Å². The molecule has 2 aliphatic heterocycles. The van der Waals surface area contributed by atoms with Gasteiger partial charge in [0, 0.05) is 25.7 Å². The van der Waals surface area contributed by atoms with Crippen LogP contribution in [0.25, 0.3) is 0 Å². The average molecular weight is 349 g/mol. The number of amides is 2. The Morgan fingerprint density at radius 3 is 2.85 bits per heavy atom. The zero-order chi connectivity index (χ0) is 18.3. The first kappa shape index (κ1) is 16.6. The number of carbonyl (C=O) groups is 2. The number of fused-ring (bicyclic) bond motifs is 2. The van der Waals surface area contributed by atoms with Crippen molar-refractivity contribution in [1.29, 1.82) is 0 Å². The van der Waals surface area contributed by atoms with Crippen molar-refractivity contribution < 1.29 is 9.59 Å². The number of hydrogen-bond donors (Lipinski definition) is 1. The number of rotatable bonds is 3. The Bertz CT molecular complexity index is 877. The van der Waals surface area contributed by atoms with E-state index in [1.807, 2.05) is 49.2 Å². The summed E-state index contributed by atoms with van der Waals surface area (Å²) in [6.45, 7) is 3.34. The van der Waals surface area contributed by atoms with Crippen LogP contribution in [0.15, 0.2) is 42.5 Å². The fourth-order valence-electron chi connectivity index (χ4n) is 3.94. The molecule has 0 aromatic heterocycles. The molecule has 5 heteroatoms. The van der Waals surface area contributed by atoms with E-state index in [2.05, 4.69) is 10.2 Å². The molecule has 5 nitrogen and oxygen atoms in total. The first-order chi connectivity index (χ1) is 12.6. The highest BCUT2D eigenvalue weighted by Crippen LogP contribution is 2.35. The lowest BCUT2D eigenvalue weighted by molar-refractivity contribution is 0.0719. The standard InChI is InChI=1S/C21H23N3O2/c1-14-6-3-4-7-16(14)13-22-20(25)15-9-10-17-18(12-15)23(2)19-8-5-11-24(19)21(17)26/h3-4,6-7,9-10,12,19H,5,8,11,13H2,1-2H3,(H,22,25)/t19-/m1/s1. The van der Waals surface area contributed by atoms with Gasteiger partial charge >= 0.3 is 0 Å². The summed E-state index contributed by atoms with van der Waals surface area (Å²) < 4.78 is 0. The van der Waals surface area contributed by atoms with Crippen LogP contribution in [0.3, 0.4) is 0 Å². The van der Waals surface area contributed by atoms with Gasteiger partial charge in [0.25, 0.3) is 11.8 Å². The maximum absolute atomic E-state index is 12.7. The number of nitrogens with one attached hydrogen (secondary N) is 1. The van der Waals surface area contributed by atoms with Crippen LogP contribution in [-0.2, 0) is 6.54 Å². The van der Waals surface area contributed by atoms with Gasteiger partial charge in [-0.3, -0.25) is 9.59 Å². The van der Waals surface area contributed by atoms with Crippen LogP contribution < -0.4 is 10.2 Å². The van der Waals surface area contributed by atoms with Gasteiger partial charge in [-0.1, -0.05) is 24.3 Å². The van der Waals surface area contributed by atoms with Gasteiger partial charge in [-0.2, -0.15) is 0 Å². The van der Waals surface area contributed by atoms with Crippen LogP contribution in [0, 0.1) is 6.92 Å². The molecular weight excluding hydrogens is 326 g/mol. The van der Waals surface area contributed by atoms with E-state index in [0.717, 1.165) is 36.2 Å². The predicted molar refractivity (Wildman–Crippen MR) is 101 cm³/mol. The van der Waals surface area contributed by atoms with Crippen molar-refractivity contribution in [3.05, 3.63) is 64.7 Å². The summed E-state index contributed by atoms with van der Waals surface area (Å²) in [4.78, 5) is 29.3. The molecule has 0 unspecified atom stereocenters. The summed E-state index contributed by atoms with van der Waals surface area (Å²) in [5.41, 5.74) is 4.38. The Kier molecular flexibility index (Phi) is 4.15. The maximum atomic E-state index is 12.7. The lowest BCUT2D eigenvalue weighted by atomic mass is 10.0. The van der Waals surface area contributed by atoms with Crippen molar-refractivity contribution in [2.24, 2.45) is 0 Å². The van der Waals surface area contributed by atoms with Crippen LogP contribution in [-0.4, -0.2) is 36.5 Å². The quantitative estimate of drug-likeness (QED) is 0.927. The van der Waals surface area contributed by atoms with Crippen LogP contribution >= 0.6 is 0 Å². The predicted octanol–water partition coefficient (Wildman–Crippen LogP) is 2.94. The second kappa shape index (κ2) is 6.48. The summed E-state index contributed by atoms with van der Waals surface area (Å²) in [6, 6.07) is 13.4. The molecule has 2 amide bonds. The lowest BCUT2D eigenvalue weighted by Gasteiger charge is -2.40. The highest BCUT2D eigenvalue weighted by molar-refractivity contribution is 6.04. The molecule has 0 saturated carbocycles. The fourth-order valence-corrected chi connectivity index (χ4v) is 3.94. The van der Waals surface area contributed by atoms with Gasteiger partial charge in [0.1, 0.15) is 6.17 Å². The average Bonchev–Trinajstić information content (AvgIpc) is 3.15. The molecule has 26 heavy (non-hydrogen) atoms. The molecule has 1 atom stereocenters. The monoisotopic (exact) mass is 349 g/mol.